The number of hydrogen-bond acceptors (Lipinski definition) is 2. The van der Waals surface area contributed by atoms with Crippen molar-refractivity contribution < 1.29 is 13.6 Å². The van der Waals surface area contributed by atoms with Gasteiger partial charge in [0.05, 0.1) is 11.8 Å². The summed E-state index contributed by atoms with van der Waals surface area (Å²) in [4.78, 5) is 13.0. The highest BCUT2D eigenvalue weighted by atomic mass is 35.5. The molecule has 2 atom stereocenters. The number of hydrazone groups is 1. The number of alkyl halides is 2. The first kappa shape index (κ1) is 21.0. The Balaban J connectivity index is 1.76. The molecule has 7 heteroatoms. The van der Waals surface area contributed by atoms with E-state index in [2.05, 4.69) is 5.10 Å². The van der Waals surface area contributed by atoms with Gasteiger partial charge in [-0.25, -0.2) is 13.8 Å². The fraction of sp³-hybridized carbons (Fsp3) is 0.304. The third-order valence-corrected chi connectivity index (χ3v) is 5.83. The lowest BCUT2D eigenvalue weighted by molar-refractivity contribution is -0.134. The SMILES string of the molecule is CC(Cl)(Cl)C(=O)N1N=C2/C(=C\c3ccc(F)cc3)CCC[C@@H]2[C@@H]1c1ccc(F)cc1. The largest absolute Gasteiger partial charge is 0.279 e. The average Bonchev–Trinajstić information content (AvgIpc) is 3.09. The molecule has 1 heterocycles. The second-order valence-electron chi connectivity index (χ2n) is 7.74. The van der Waals surface area contributed by atoms with Crippen LogP contribution in [-0.4, -0.2) is 21.0 Å². The Hall–Kier alpha value is -2.24. The highest BCUT2D eigenvalue weighted by Gasteiger charge is 2.47. The van der Waals surface area contributed by atoms with E-state index in [0.717, 1.165) is 41.7 Å². The summed E-state index contributed by atoms with van der Waals surface area (Å²) in [5.74, 6) is -1.23. The maximum Gasteiger partial charge on any atom is 0.279 e. The second kappa shape index (κ2) is 8.12. The Morgan fingerprint density at radius 2 is 1.70 bits per heavy atom. The molecule has 30 heavy (non-hydrogen) atoms. The summed E-state index contributed by atoms with van der Waals surface area (Å²) < 4.78 is 25.1. The van der Waals surface area contributed by atoms with E-state index < -0.39 is 16.3 Å². The minimum atomic E-state index is -1.64. The van der Waals surface area contributed by atoms with Gasteiger partial charge in [0, 0.05) is 5.92 Å². The molecule has 0 saturated heterocycles. The van der Waals surface area contributed by atoms with Crippen LogP contribution < -0.4 is 0 Å². The monoisotopic (exact) mass is 448 g/mol. The summed E-state index contributed by atoms with van der Waals surface area (Å²) in [6.07, 6.45) is 4.51. The van der Waals surface area contributed by atoms with Gasteiger partial charge in [0.2, 0.25) is 0 Å². The molecule has 156 valence electrons. The molecule has 1 saturated carbocycles. The van der Waals surface area contributed by atoms with Gasteiger partial charge in [-0.3, -0.25) is 4.79 Å². The second-order valence-corrected chi connectivity index (χ2v) is 9.44. The minimum absolute atomic E-state index is 0.0597. The van der Waals surface area contributed by atoms with Crippen molar-refractivity contribution >= 4 is 40.9 Å². The van der Waals surface area contributed by atoms with Crippen LogP contribution in [0, 0.1) is 17.6 Å². The number of amides is 1. The lowest BCUT2D eigenvalue weighted by atomic mass is 9.77. The van der Waals surface area contributed by atoms with Crippen LogP contribution in [-0.2, 0) is 4.79 Å². The number of benzene rings is 2. The number of carbonyl (C=O) groups excluding carboxylic acids is 1. The van der Waals surface area contributed by atoms with Crippen molar-refractivity contribution in [2.45, 2.75) is 36.6 Å². The predicted octanol–water partition coefficient (Wildman–Crippen LogP) is 6.28. The summed E-state index contributed by atoms with van der Waals surface area (Å²) in [7, 11) is 0. The first-order valence-corrected chi connectivity index (χ1v) is 10.5. The molecule has 0 aromatic heterocycles. The van der Waals surface area contributed by atoms with Gasteiger partial charge in [0.1, 0.15) is 11.6 Å². The molecule has 2 aliphatic rings. The Morgan fingerprint density at radius 1 is 1.10 bits per heavy atom. The van der Waals surface area contributed by atoms with Crippen molar-refractivity contribution in [1.29, 1.82) is 0 Å². The molecule has 0 spiro atoms. The van der Waals surface area contributed by atoms with Gasteiger partial charge in [0.15, 0.2) is 4.33 Å². The van der Waals surface area contributed by atoms with Gasteiger partial charge < -0.3 is 0 Å². The topological polar surface area (TPSA) is 32.7 Å². The molecular weight excluding hydrogens is 429 g/mol. The Morgan fingerprint density at radius 3 is 2.30 bits per heavy atom. The first-order chi connectivity index (χ1) is 14.2. The normalized spacial score (nSPS) is 22.8. The predicted molar refractivity (Wildman–Crippen MR) is 115 cm³/mol. The maximum atomic E-state index is 13.5. The van der Waals surface area contributed by atoms with Crippen LogP contribution in [0.1, 0.15) is 43.4 Å². The highest BCUT2D eigenvalue weighted by Crippen LogP contribution is 2.45. The van der Waals surface area contributed by atoms with Gasteiger partial charge in [-0.05, 0) is 73.2 Å². The maximum absolute atomic E-state index is 13.5. The highest BCUT2D eigenvalue weighted by molar-refractivity contribution is 6.57. The van der Waals surface area contributed by atoms with Gasteiger partial charge >= 0.3 is 0 Å². The van der Waals surface area contributed by atoms with Gasteiger partial charge in [0.25, 0.3) is 5.91 Å². The summed E-state index contributed by atoms with van der Waals surface area (Å²) in [6, 6.07) is 11.9. The van der Waals surface area contributed by atoms with Crippen molar-refractivity contribution in [3.63, 3.8) is 0 Å². The van der Waals surface area contributed by atoms with Gasteiger partial charge in [-0.2, -0.15) is 5.10 Å². The molecule has 1 amide bonds. The standard InChI is InChI=1S/C23H20Cl2F2N2O/c1-23(24,25)22(30)29-21(15-7-11-18(27)12-8-15)19-4-2-3-16(20(19)28-29)13-14-5-9-17(26)10-6-14/h5-13,19,21H,2-4H2,1H3/b16-13-/t19-,21-/m0/s1. The molecule has 0 N–H and O–H groups in total. The molecule has 0 radical (unpaired) electrons. The third kappa shape index (κ3) is 4.14. The van der Waals surface area contributed by atoms with E-state index >= 15 is 0 Å². The van der Waals surface area contributed by atoms with E-state index in [4.69, 9.17) is 23.2 Å². The number of halogens is 4. The van der Waals surface area contributed by atoms with Gasteiger partial charge in [-0.15, -0.1) is 0 Å². The molecule has 1 aliphatic carbocycles. The zero-order valence-electron chi connectivity index (χ0n) is 16.3. The number of hydrogen-bond donors (Lipinski definition) is 0. The fourth-order valence-corrected chi connectivity index (χ4v) is 4.30. The van der Waals surface area contributed by atoms with Crippen molar-refractivity contribution in [1.82, 2.24) is 5.01 Å². The number of allylic oxidation sites excluding steroid dienone is 1. The van der Waals surface area contributed by atoms with E-state index in [1.807, 2.05) is 6.08 Å². The van der Waals surface area contributed by atoms with E-state index in [9.17, 15) is 13.6 Å². The Labute approximate surface area is 184 Å². The van der Waals surface area contributed by atoms with Crippen LogP contribution in [0.2, 0.25) is 0 Å². The van der Waals surface area contributed by atoms with E-state index in [0.29, 0.717) is 0 Å². The zero-order valence-corrected chi connectivity index (χ0v) is 17.8. The van der Waals surface area contributed by atoms with Crippen LogP contribution in [0.4, 0.5) is 8.78 Å². The number of nitrogens with zero attached hydrogens (tertiary/aromatic N) is 2. The number of carbonyl (C=O) groups is 1. The summed E-state index contributed by atoms with van der Waals surface area (Å²) in [5, 5.41) is 5.99. The van der Waals surface area contributed by atoms with E-state index in [-0.39, 0.29) is 17.6 Å². The molecule has 4 rings (SSSR count). The lowest BCUT2D eigenvalue weighted by Crippen LogP contribution is -2.39. The summed E-state index contributed by atoms with van der Waals surface area (Å²) in [6.45, 7) is 1.41. The van der Waals surface area contributed by atoms with E-state index in [1.54, 1.807) is 24.3 Å². The van der Waals surface area contributed by atoms with Crippen molar-refractivity contribution in [2.75, 3.05) is 0 Å². The van der Waals surface area contributed by atoms with Crippen LogP contribution in [0.3, 0.4) is 0 Å². The molecule has 1 fully saturated rings. The summed E-state index contributed by atoms with van der Waals surface area (Å²) >= 11 is 12.2. The van der Waals surface area contributed by atoms with Gasteiger partial charge in [-0.1, -0.05) is 47.5 Å². The lowest BCUT2D eigenvalue weighted by Gasteiger charge is -2.31. The van der Waals surface area contributed by atoms with Crippen LogP contribution in [0.5, 0.6) is 0 Å². The molecule has 2 aromatic carbocycles. The molecule has 0 unspecified atom stereocenters. The van der Waals surface area contributed by atoms with E-state index in [1.165, 1.54) is 36.2 Å². The van der Waals surface area contributed by atoms with Crippen molar-refractivity contribution in [2.24, 2.45) is 11.0 Å². The molecule has 3 nitrogen and oxygen atoms in total. The zero-order chi connectivity index (χ0) is 21.5. The Bertz CT molecular complexity index is 1010. The van der Waals surface area contributed by atoms with Crippen molar-refractivity contribution in [3.8, 4) is 0 Å². The fourth-order valence-electron chi connectivity index (χ4n) is 4.12. The Kier molecular flexibility index (Phi) is 5.69. The molecule has 2 aromatic rings. The summed E-state index contributed by atoms with van der Waals surface area (Å²) in [5.41, 5.74) is 3.42. The van der Waals surface area contributed by atoms with Crippen molar-refractivity contribution in [3.05, 3.63) is 76.9 Å². The quantitative estimate of drug-likeness (QED) is 0.508. The molecule has 1 aliphatic heterocycles. The average molecular weight is 449 g/mol. The number of fused-ring (bicyclic) bond motifs is 1. The van der Waals surface area contributed by atoms with Crippen LogP contribution in [0.15, 0.2) is 59.2 Å². The smallest absolute Gasteiger partial charge is 0.269 e. The first-order valence-electron chi connectivity index (χ1n) is 9.76. The molecular formula is C23H20Cl2F2N2O. The molecule has 0 bridgehead atoms. The van der Waals surface area contributed by atoms with Crippen LogP contribution >= 0.6 is 23.2 Å². The number of rotatable bonds is 3. The third-order valence-electron chi connectivity index (χ3n) is 5.51. The van der Waals surface area contributed by atoms with Crippen LogP contribution in [0.25, 0.3) is 6.08 Å². The minimum Gasteiger partial charge on any atom is -0.269 e.